The van der Waals surface area contributed by atoms with E-state index in [1.165, 1.54) is 15.8 Å². The fourth-order valence-corrected chi connectivity index (χ4v) is 2.71. The highest BCUT2D eigenvalue weighted by atomic mass is 32.1. The summed E-state index contributed by atoms with van der Waals surface area (Å²) in [5.41, 5.74) is 2.43. The average molecular weight is 192 g/mol. The molecule has 0 aliphatic carbocycles. The van der Waals surface area contributed by atoms with Gasteiger partial charge >= 0.3 is 0 Å². The van der Waals surface area contributed by atoms with Gasteiger partial charge in [0.15, 0.2) is 0 Å². The van der Waals surface area contributed by atoms with Crippen LogP contribution in [0.2, 0.25) is 0 Å². The lowest BCUT2D eigenvalue weighted by atomic mass is 10.2. The van der Waals surface area contributed by atoms with Crippen LogP contribution in [0, 0.1) is 27.7 Å². The van der Waals surface area contributed by atoms with E-state index in [-0.39, 0.29) is 0 Å². The van der Waals surface area contributed by atoms with E-state index >= 15 is 0 Å². The predicted octanol–water partition coefficient (Wildman–Crippen LogP) is 2.92. The number of rotatable bonds is 0. The Bertz CT molecular complexity index is 471. The maximum atomic E-state index is 4.43. The molecule has 0 amide bonds. The number of aromatic nitrogens is 2. The van der Waals surface area contributed by atoms with Crippen molar-refractivity contribution >= 4 is 21.6 Å². The van der Waals surface area contributed by atoms with Gasteiger partial charge in [-0.3, -0.25) is 0 Å². The summed E-state index contributed by atoms with van der Waals surface area (Å²) >= 11 is 1.76. The summed E-state index contributed by atoms with van der Waals surface area (Å²) in [5, 5.41) is 1.24. The van der Waals surface area contributed by atoms with Crippen molar-refractivity contribution < 1.29 is 0 Å². The Kier molecular flexibility index (Phi) is 1.84. The van der Waals surface area contributed by atoms with E-state index in [9.17, 15) is 0 Å². The van der Waals surface area contributed by atoms with Crippen molar-refractivity contribution in [3.63, 3.8) is 0 Å². The molecule has 0 saturated heterocycles. The van der Waals surface area contributed by atoms with Gasteiger partial charge in [-0.1, -0.05) is 0 Å². The monoisotopic (exact) mass is 192 g/mol. The van der Waals surface area contributed by atoms with Gasteiger partial charge in [0.1, 0.15) is 10.7 Å². The zero-order valence-electron chi connectivity index (χ0n) is 8.30. The van der Waals surface area contributed by atoms with Crippen LogP contribution < -0.4 is 0 Å². The summed E-state index contributed by atoms with van der Waals surface area (Å²) in [6.07, 6.45) is 0. The predicted molar refractivity (Wildman–Crippen MR) is 56.4 cm³/mol. The third-order valence-corrected chi connectivity index (χ3v) is 3.42. The van der Waals surface area contributed by atoms with E-state index < -0.39 is 0 Å². The van der Waals surface area contributed by atoms with E-state index in [0.717, 1.165) is 16.3 Å². The zero-order valence-corrected chi connectivity index (χ0v) is 9.12. The van der Waals surface area contributed by atoms with Crippen molar-refractivity contribution in [3.05, 3.63) is 22.0 Å². The summed E-state index contributed by atoms with van der Waals surface area (Å²) in [6, 6.07) is 0. The molecule has 0 aliphatic heterocycles. The molecule has 2 nitrogen and oxygen atoms in total. The Morgan fingerprint density at radius 2 is 1.69 bits per heavy atom. The van der Waals surface area contributed by atoms with Gasteiger partial charge in [0.25, 0.3) is 0 Å². The number of hydrogen-bond donors (Lipinski definition) is 0. The molecule has 0 N–H and O–H groups in total. The maximum absolute atomic E-state index is 4.43. The molecule has 0 spiro atoms. The summed E-state index contributed by atoms with van der Waals surface area (Å²) in [4.78, 5) is 11.3. The molecule has 0 radical (unpaired) electrons. The Morgan fingerprint density at radius 3 is 2.38 bits per heavy atom. The van der Waals surface area contributed by atoms with E-state index in [2.05, 4.69) is 30.7 Å². The third-order valence-electron chi connectivity index (χ3n) is 2.32. The van der Waals surface area contributed by atoms with Gasteiger partial charge in [-0.25, -0.2) is 9.97 Å². The summed E-state index contributed by atoms with van der Waals surface area (Å²) in [7, 11) is 0. The summed E-state index contributed by atoms with van der Waals surface area (Å²) < 4.78 is 0. The Morgan fingerprint density at radius 1 is 1.00 bits per heavy atom. The van der Waals surface area contributed by atoms with E-state index in [0.29, 0.717) is 0 Å². The number of hydrogen-bond acceptors (Lipinski definition) is 3. The van der Waals surface area contributed by atoms with Crippen molar-refractivity contribution in [1.29, 1.82) is 0 Å². The van der Waals surface area contributed by atoms with Crippen LogP contribution >= 0.6 is 11.3 Å². The van der Waals surface area contributed by atoms with Gasteiger partial charge in [0.2, 0.25) is 0 Å². The van der Waals surface area contributed by atoms with E-state index in [4.69, 9.17) is 0 Å². The Hall–Kier alpha value is -0.960. The Balaban J connectivity index is 2.94. The van der Waals surface area contributed by atoms with Gasteiger partial charge in [0, 0.05) is 16.0 Å². The standard InChI is InChI=1S/C10H12N2S/c1-5-7(3)13-10-9(5)6(2)11-8(4)12-10/h1-4H3. The first kappa shape index (κ1) is 8.63. The maximum Gasteiger partial charge on any atom is 0.127 e. The molecule has 0 aromatic carbocycles. The van der Waals surface area contributed by atoms with Crippen LogP contribution in [0.5, 0.6) is 0 Å². The van der Waals surface area contributed by atoms with Crippen molar-refractivity contribution in [2.24, 2.45) is 0 Å². The van der Waals surface area contributed by atoms with E-state index in [1.54, 1.807) is 11.3 Å². The molecule has 2 aromatic heterocycles. The van der Waals surface area contributed by atoms with Crippen LogP contribution in [-0.2, 0) is 0 Å². The zero-order chi connectivity index (χ0) is 9.59. The number of aryl methyl sites for hydroxylation is 4. The quantitative estimate of drug-likeness (QED) is 0.641. The molecule has 0 bridgehead atoms. The largest absolute Gasteiger partial charge is 0.238 e. The highest BCUT2D eigenvalue weighted by molar-refractivity contribution is 7.18. The molecule has 0 unspecified atom stereocenters. The van der Waals surface area contributed by atoms with Crippen molar-refractivity contribution in [2.45, 2.75) is 27.7 Å². The summed E-state index contributed by atoms with van der Waals surface area (Å²) in [5.74, 6) is 0.867. The van der Waals surface area contributed by atoms with Gasteiger partial charge in [-0.05, 0) is 33.3 Å². The highest BCUT2D eigenvalue weighted by Crippen LogP contribution is 2.29. The molecule has 3 heteroatoms. The lowest BCUT2D eigenvalue weighted by Gasteiger charge is -1.98. The molecular formula is C10H12N2S. The third kappa shape index (κ3) is 1.23. The fourth-order valence-electron chi connectivity index (χ4n) is 1.58. The second kappa shape index (κ2) is 2.77. The number of fused-ring (bicyclic) bond motifs is 1. The van der Waals surface area contributed by atoms with Crippen LogP contribution in [0.3, 0.4) is 0 Å². The van der Waals surface area contributed by atoms with Crippen molar-refractivity contribution in [1.82, 2.24) is 9.97 Å². The van der Waals surface area contributed by atoms with Crippen LogP contribution in [0.15, 0.2) is 0 Å². The minimum atomic E-state index is 0.867. The second-order valence-corrected chi connectivity index (χ2v) is 4.52. The topological polar surface area (TPSA) is 25.8 Å². The van der Waals surface area contributed by atoms with Crippen molar-refractivity contribution in [3.8, 4) is 0 Å². The second-order valence-electron chi connectivity index (χ2n) is 3.32. The molecule has 0 saturated carbocycles. The number of nitrogens with zero attached hydrogens (tertiary/aromatic N) is 2. The molecule has 2 rings (SSSR count). The average Bonchev–Trinajstić information content (AvgIpc) is 2.27. The van der Waals surface area contributed by atoms with Crippen LogP contribution in [0.4, 0.5) is 0 Å². The van der Waals surface area contributed by atoms with Gasteiger partial charge in [0.05, 0.1) is 0 Å². The molecule has 2 aromatic rings. The van der Waals surface area contributed by atoms with Crippen LogP contribution in [0.25, 0.3) is 10.2 Å². The minimum Gasteiger partial charge on any atom is -0.238 e. The van der Waals surface area contributed by atoms with Crippen molar-refractivity contribution in [2.75, 3.05) is 0 Å². The lowest BCUT2D eigenvalue weighted by Crippen LogP contribution is -1.90. The molecule has 0 fully saturated rings. The smallest absolute Gasteiger partial charge is 0.127 e. The molecular weight excluding hydrogens is 180 g/mol. The molecule has 68 valence electrons. The van der Waals surface area contributed by atoms with Gasteiger partial charge < -0.3 is 0 Å². The van der Waals surface area contributed by atoms with Gasteiger partial charge in [-0.2, -0.15) is 0 Å². The number of thiophene rings is 1. The normalized spacial score (nSPS) is 11.1. The first-order valence-electron chi connectivity index (χ1n) is 4.30. The first-order valence-corrected chi connectivity index (χ1v) is 5.12. The SMILES string of the molecule is Cc1nc(C)c2c(C)c(C)sc2n1. The van der Waals surface area contributed by atoms with Gasteiger partial charge in [-0.15, -0.1) is 11.3 Å². The van der Waals surface area contributed by atoms with E-state index in [1.807, 2.05) is 6.92 Å². The fraction of sp³-hybridized carbons (Fsp3) is 0.400. The molecule has 13 heavy (non-hydrogen) atoms. The van der Waals surface area contributed by atoms with Crippen LogP contribution in [-0.4, -0.2) is 9.97 Å². The molecule has 0 aliphatic rings. The lowest BCUT2D eigenvalue weighted by molar-refractivity contribution is 1.05. The summed E-state index contributed by atoms with van der Waals surface area (Å²) in [6.45, 7) is 8.27. The molecule has 2 heterocycles. The first-order chi connectivity index (χ1) is 6.09. The minimum absolute atomic E-state index is 0.867. The molecule has 0 atom stereocenters. The Labute approximate surface area is 81.7 Å². The highest BCUT2D eigenvalue weighted by Gasteiger charge is 2.09. The van der Waals surface area contributed by atoms with Crippen LogP contribution in [0.1, 0.15) is 22.0 Å².